The number of hydrogen-bond donors (Lipinski definition) is 2. The van der Waals surface area contributed by atoms with Gasteiger partial charge < -0.3 is 24.7 Å². The number of anilines is 3. The van der Waals surface area contributed by atoms with Crippen LogP contribution in [0.1, 0.15) is 6.92 Å². The van der Waals surface area contributed by atoms with E-state index in [0.29, 0.717) is 0 Å². The van der Waals surface area contributed by atoms with Gasteiger partial charge in [0.15, 0.2) is 0 Å². The number of furan rings is 1. The molecular formula is C27H27N3O3. The highest BCUT2D eigenvalue weighted by Crippen LogP contribution is 2.28. The van der Waals surface area contributed by atoms with E-state index in [4.69, 9.17) is 9.15 Å². The van der Waals surface area contributed by atoms with Gasteiger partial charge in [0.25, 0.3) is 0 Å². The van der Waals surface area contributed by atoms with Crippen LogP contribution in [0.5, 0.6) is 0 Å². The Hall–Kier alpha value is -3.77. The van der Waals surface area contributed by atoms with Crippen LogP contribution in [0.15, 0.2) is 83.3 Å². The van der Waals surface area contributed by atoms with E-state index in [1.54, 1.807) is 0 Å². The fourth-order valence-corrected chi connectivity index (χ4v) is 4.00. The second-order valence-corrected chi connectivity index (χ2v) is 8.23. The minimum absolute atomic E-state index is 0.0875. The fourth-order valence-electron chi connectivity index (χ4n) is 4.00. The highest BCUT2D eigenvalue weighted by molar-refractivity contribution is 5.96. The van der Waals surface area contributed by atoms with Crippen molar-refractivity contribution in [3.05, 3.63) is 78.9 Å². The summed E-state index contributed by atoms with van der Waals surface area (Å²) >= 11 is 0. The summed E-state index contributed by atoms with van der Waals surface area (Å²) in [7, 11) is 0. The van der Waals surface area contributed by atoms with Crippen molar-refractivity contribution in [1.82, 2.24) is 0 Å². The second-order valence-electron chi connectivity index (χ2n) is 8.23. The van der Waals surface area contributed by atoms with Gasteiger partial charge in [-0.25, -0.2) is 0 Å². The molecule has 1 aromatic heterocycles. The lowest BCUT2D eigenvalue weighted by Gasteiger charge is -2.29. The summed E-state index contributed by atoms with van der Waals surface area (Å²) in [5, 5.41) is 7.33. The monoisotopic (exact) mass is 441 g/mol. The number of para-hydroxylation sites is 1. The van der Waals surface area contributed by atoms with E-state index >= 15 is 0 Å². The maximum absolute atomic E-state index is 12.7. The van der Waals surface area contributed by atoms with Crippen molar-refractivity contribution in [2.75, 3.05) is 41.8 Å². The minimum atomic E-state index is -0.388. The highest BCUT2D eigenvalue weighted by Gasteiger charge is 2.15. The molecule has 168 valence electrons. The molecule has 1 fully saturated rings. The van der Waals surface area contributed by atoms with Gasteiger partial charge in [-0.2, -0.15) is 0 Å². The van der Waals surface area contributed by atoms with Gasteiger partial charge in [-0.1, -0.05) is 18.2 Å². The maximum atomic E-state index is 12.7. The van der Waals surface area contributed by atoms with Crippen LogP contribution >= 0.6 is 0 Å². The van der Waals surface area contributed by atoms with Crippen LogP contribution in [0.4, 0.5) is 17.1 Å². The summed E-state index contributed by atoms with van der Waals surface area (Å²) in [6.07, 6.45) is 0. The summed E-state index contributed by atoms with van der Waals surface area (Å²) in [4.78, 5) is 15.0. The number of morpholine rings is 1. The minimum Gasteiger partial charge on any atom is -0.456 e. The summed E-state index contributed by atoms with van der Waals surface area (Å²) in [6, 6.07) is 25.5. The molecule has 6 heteroatoms. The number of amides is 1. The smallest absolute Gasteiger partial charge is 0.246 e. The third-order valence-electron chi connectivity index (χ3n) is 5.88. The van der Waals surface area contributed by atoms with Gasteiger partial charge >= 0.3 is 0 Å². The Morgan fingerprint density at radius 2 is 1.61 bits per heavy atom. The zero-order valence-corrected chi connectivity index (χ0v) is 18.6. The Balaban J connectivity index is 1.18. The van der Waals surface area contributed by atoms with Crippen LogP contribution in [0.25, 0.3) is 22.3 Å². The normalized spacial score (nSPS) is 14.8. The first-order valence-corrected chi connectivity index (χ1v) is 11.2. The molecule has 0 radical (unpaired) electrons. The predicted octanol–water partition coefficient (Wildman–Crippen LogP) is 5.38. The highest BCUT2D eigenvalue weighted by atomic mass is 16.5. The Bertz CT molecular complexity index is 1190. The van der Waals surface area contributed by atoms with Gasteiger partial charge in [0.2, 0.25) is 5.91 Å². The topological polar surface area (TPSA) is 66.7 Å². The number of carbonyl (C=O) groups is 1. The van der Waals surface area contributed by atoms with E-state index in [0.717, 1.165) is 65.7 Å². The zero-order chi connectivity index (χ0) is 22.6. The molecule has 0 bridgehead atoms. The van der Waals surface area contributed by atoms with Crippen molar-refractivity contribution in [3.8, 4) is 11.3 Å². The van der Waals surface area contributed by atoms with E-state index in [-0.39, 0.29) is 11.9 Å². The third-order valence-corrected chi connectivity index (χ3v) is 5.88. The summed E-state index contributed by atoms with van der Waals surface area (Å²) < 4.78 is 11.3. The molecule has 1 unspecified atom stereocenters. The van der Waals surface area contributed by atoms with E-state index in [2.05, 4.69) is 15.5 Å². The van der Waals surface area contributed by atoms with Crippen LogP contribution < -0.4 is 15.5 Å². The molecule has 1 aliphatic rings. The quantitative estimate of drug-likeness (QED) is 0.421. The Morgan fingerprint density at radius 3 is 2.33 bits per heavy atom. The van der Waals surface area contributed by atoms with Gasteiger partial charge in [-0.15, -0.1) is 0 Å². The number of hydrogen-bond acceptors (Lipinski definition) is 5. The first kappa shape index (κ1) is 21.1. The van der Waals surface area contributed by atoms with Crippen molar-refractivity contribution >= 4 is 33.9 Å². The van der Waals surface area contributed by atoms with Crippen LogP contribution in [0, 0.1) is 0 Å². The molecule has 33 heavy (non-hydrogen) atoms. The Kier molecular flexibility index (Phi) is 6.00. The van der Waals surface area contributed by atoms with Crippen LogP contribution in [0.3, 0.4) is 0 Å². The van der Waals surface area contributed by atoms with Gasteiger partial charge in [0, 0.05) is 41.1 Å². The first-order chi connectivity index (χ1) is 16.2. The van der Waals surface area contributed by atoms with Crippen LogP contribution in [0.2, 0.25) is 0 Å². The number of nitrogens with one attached hydrogen (secondary N) is 2. The van der Waals surface area contributed by atoms with Gasteiger partial charge in [0.1, 0.15) is 17.4 Å². The fraction of sp³-hybridized carbons (Fsp3) is 0.222. The summed E-state index contributed by atoms with van der Waals surface area (Å²) in [5.41, 5.74) is 4.67. The molecule has 1 amide bonds. The maximum Gasteiger partial charge on any atom is 0.246 e. The lowest BCUT2D eigenvalue weighted by Crippen LogP contribution is -2.36. The molecule has 0 saturated carbocycles. The summed E-state index contributed by atoms with van der Waals surface area (Å²) in [5.74, 6) is 0.740. The molecule has 1 saturated heterocycles. The van der Waals surface area contributed by atoms with Crippen LogP contribution in [-0.4, -0.2) is 38.3 Å². The number of ether oxygens (including phenoxy) is 1. The van der Waals surface area contributed by atoms with E-state index in [9.17, 15) is 4.79 Å². The SMILES string of the molecule is CC(Nc1ccc(-c2cc3ccccc3o2)cc1)C(=O)Nc1ccc(N2CCOCC2)cc1. The standard InChI is InChI=1S/C27H27N3O3/c1-19(27(31)29-23-10-12-24(13-11-23)30-14-16-32-17-15-30)28-22-8-6-20(7-9-22)26-18-21-4-2-3-5-25(21)33-26/h2-13,18-19,28H,14-17H2,1H3,(H,29,31). The molecule has 0 spiro atoms. The number of nitrogens with zero attached hydrogens (tertiary/aromatic N) is 1. The van der Waals surface area contributed by atoms with Crippen LogP contribution in [-0.2, 0) is 9.53 Å². The molecule has 0 aliphatic carbocycles. The number of fused-ring (bicyclic) bond motifs is 1. The Morgan fingerprint density at radius 1 is 0.909 bits per heavy atom. The molecule has 5 rings (SSSR count). The third kappa shape index (κ3) is 4.86. The number of rotatable bonds is 6. The molecule has 2 N–H and O–H groups in total. The van der Waals surface area contributed by atoms with E-state index < -0.39 is 0 Å². The lowest BCUT2D eigenvalue weighted by atomic mass is 10.1. The average Bonchev–Trinajstić information content (AvgIpc) is 3.30. The zero-order valence-electron chi connectivity index (χ0n) is 18.6. The number of benzene rings is 3. The molecule has 6 nitrogen and oxygen atoms in total. The van der Waals surface area contributed by atoms with E-state index in [1.165, 1.54) is 0 Å². The molecule has 4 aromatic rings. The van der Waals surface area contributed by atoms with Crippen molar-refractivity contribution in [2.45, 2.75) is 13.0 Å². The Labute approximate surface area is 193 Å². The molecule has 1 aliphatic heterocycles. The van der Waals surface area contributed by atoms with Crippen molar-refractivity contribution in [2.24, 2.45) is 0 Å². The van der Waals surface area contributed by atoms with Gasteiger partial charge in [-0.3, -0.25) is 4.79 Å². The largest absolute Gasteiger partial charge is 0.456 e. The second kappa shape index (κ2) is 9.38. The van der Waals surface area contributed by atoms with Gasteiger partial charge in [-0.05, 0) is 67.6 Å². The van der Waals surface area contributed by atoms with Gasteiger partial charge in [0.05, 0.1) is 13.2 Å². The molecule has 2 heterocycles. The lowest BCUT2D eigenvalue weighted by molar-refractivity contribution is -0.116. The summed E-state index contributed by atoms with van der Waals surface area (Å²) in [6.45, 7) is 5.13. The number of carbonyl (C=O) groups excluding carboxylic acids is 1. The van der Waals surface area contributed by atoms with Crippen molar-refractivity contribution in [1.29, 1.82) is 0 Å². The molecule has 1 atom stereocenters. The van der Waals surface area contributed by atoms with Crippen molar-refractivity contribution in [3.63, 3.8) is 0 Å². The van der Waals surface area contributed by atoms with Crippen molar-refractivity contribution < 1.29 is 13.9 Å². The van der Waals surface area contributed by atoms with E-state index in [1.807, 2.05) is 85.8 Å². The first-order valence-electron chi connectivity index (χ1n) is 11.2. The average molecular weight is 442 g/mol. The molecule has 3 aromatic carbocycles. The molecular weight excluding hydrogens is 414 g/mol. The predicted molar refractivity (Wildman–Crippen MR) is 133 cm³/mol.